The molecule has 0 aliphatic heterocycles. The number of phenolic OH excluding ortho intramolecular Hbond substituents is 1. The van der Waals surface area contributed by atoms with Crippen LogP contribution in [0, 0.1) is 6.92 Å². The largest absolute Gasteiger partial charge is 0.508 e. The van der Waals surface area contributed by atoms with Crippen molar-refractivity contribution in [3.05, 3.63) is 53.6 Å². The number of rotatable bonds is 5. The van der Waals surface area contributed by atoms with Gasteiger partial charge in [0.05, 0.1) is 18.4 Å². The molecule has 0 saturated carbocycles. The molecular formula is C18H19NO5. The van der Waals surface area contributed by atoms with Gasteiger partial charge in [0, 0.05) is 0 Å². The van der Waals surface area contributed by atoms with Crippen LogP contribution < -0.4 is 10.1 Å². The number of carbonyl (C=O) groups is 2. The van der Waals surface area contributed by atoms with Crippen LogP contribution in [0.4, 0.5) is 5.69 Å². The first kappa shape index (κ1) is 17.3. The SMILES string of the molecule is COc1ccc(C)cc1NC(=O)[C@@H](C)OC(=O)c1cccc(O)c1. The summed E-state index contributed by atoms with van der Waals surface area (Å²) in [5.41, 5.74) is 1.63. The summed E-state index contributed by atoms with van der Waals surface area (Å²) >= 11 is 0. The quantitative estimate of drug-likeness (QED) is 0.824. The van der Waals surface area contributed by atoms with E-state index in [0.29, 0.717) is 11.4 Å². The average Bonchev–Trinajstić information content (AvgIpc) is 2.55. The second kappa shape index (κ2) is 7.50. The molecule has 0 bridgehead atoms. The highest BCUT2D eigenvalue weighted by atomic mass is 16.5. The summed E-state index contributed by atoms with van der Waals surface area (Å²) in [5.74, 6) is -0.705. The van der Waals surface area contributed by atoms with Crippen LogP contribution in [0.1, 0.15) is 22.8 Å². The number of nitrogens with one attached hydrogen (secondary N) is 1. The van der Waals surface area contributed by atoms with Crippen molar-refractivity contribution in [2.75, 3.05) is 12.4 Å². The molecule has 1 amide bonds. The Balaban J connectivity index is 2.05. The summed E-state index contributed by atoms with van der Waals surface area (Å²) < 4.78 is 10.3. The number of aromatic hydroxyl groups is 1. The Morgan fingerprint density at radius 2 is 1.92 bits per heavy atom. The Kier molecular flexibility index (Phi) is 5.42. The average molecular weight is 329 g/mol. The van der Waals surface area contributed by atoms with Crippen LogP contribution in [0.25, 0.3) is 0 Å². The molecule has 0 saturated heterocycles. The van der Waals surface area contributed by atoms with Crippen molar-refractivity contribution in [2.45, 2.75) is 20.0 Å². The van der Waals surface area contributed by atoms with Gasteiger partial charge in [0.1, 0.15) is 11.5 Å². The lowest BCUT2D eigenvalue weighted by atomic mass is 10.2. The van der Waals surface area contributed by atoms with Gasteiger partial charge < -0.3 is 19.9 Å². The summed E-state index contributed by atoms with van der Waals surface area (Å²) in [6.07, 6.45) is -1.01. The van der Waals surface area contributed by atoms with Crippen LogP contribution in [-0.4, -0.2) is 30.2 Å². The van der Waals surface area contributed by atoms with Gasteiger partial charge >= 0.3 is 5.97 Å². The van der Waals surface area contributed by atoms with Crippen LogP contribution >= 0.6 is 0 Å². The van der Waals surface area contributed by atoms with Crippen LogP contribution in [0.5, 0.6) is 11.5 Å². The van der Waals surface area contributed by atoms with Crippen molar-refractivity contribution in [1.29, 1.82) is 0 Å². The zero-order chi connectivity index (χ0) is 17.7. The predicted molar refractivity (Wildman–Crippen MR) is 89.3 cm³/mol. The van der Waals surface area contributed by atoms with E-state index in [1.54, 1.807) is 12.1 Å². The molecule has 0 heterocycles. The molecule has 2 N–H and O–H groups in total. The van der Waals surface area contributed by atoms with Gasteiger partial charge in [0.2, 0.25) is 0 Å². The Morgan fingerprint density at radius 1 is 1.17 bits per heavy atom. The maximum absolute atomic E-state index is 12.2. The third-order valence-electron chi connectivity index (χ3n) is 3.35. The summed E-state index contributed by atoms with van der Waals surface area (Å²) in [4.78, 5) is 24.2. The van der Waals surface area contributed by atoms with Crippen LogP contribution in [0.3, 0.4) is 0 Å². The van der Waals surface area contributed by atoms with E-state index in [-0.39, 0.29) is 11.3 Å². The predicted octanol–water partition coefficient (Wildman–Crippen LogP) is 2.89. The van der Waals surface area contributed by atoms with E-state index < -0.39 is 18.0 Å². The number of carbonyl (C=O) groups excluding carboxylic acids is 2. The molecule has 0 spiro atoms. The van der Waals surface area contributed by atoms with Crippen LogP contribution in [0.2, 0.25) is 0 Å². The number of hydrogen-bond acceptors (Lipinski definition) is 5. The second-order valence-corrected chi connectivity index (χ2v) is 5.29. The van der Waals surface area contributed by atoms with Gasteiger partial charge in [-0.25, -0.2) is 4.79 Å². The monoisotopic (exact) mass is 329 g/mol. The molecular weight excluding hydrogens is 310 g/mol. The molecule has 24 heavy (non-hydrogen) atoms. The fourth-order valence-electron chi connectivity index (χ4n) is 2.07. The number of hydrogen-bond donors (Lipinski definition) is 2. The third kappa shape index (κ3) is 4.25. The van der Waals surface area contributed by atoms with Crippen LogP contribution in [0.15, 0.2) is 42.5 Å². The van der Waals surface area contributed by atoms with Crippen molar-refractivity contribution in [1.82, 2.24) is 0 Å². The summed E-state index contributed by atoms with van der Waals surface area (Å²) in [7, 11) is 1.51. The highest BCUT2D eigenvalue weighted by molar-refractivity contribution is 5.98. The Bertz CT molecular complexity index is 757. The standard InChI is InChI=1S/C18H19NO5/c1-11-7-8-16(23-3)15(9-11)19-17(21)12(2)24-18(22)13-5-4-6-14(20)10-13/h4-10,12,20H,1-3H3,(H,19,21)/t12-/m1/s1. The van der Waals surface area contributed by atoms with Crippen molar-refractivity contribution < 1.29 is 24.2 Å². The zero-order valence-electron chi connectivity index (χ0n) is 13.7. The fourth-order valence-corrected chi connectivity index (χ4v) is 2.07. The van der Waals surface area contributed by atoms with E-state index in [1.165, 1.54) is 38.3 Å². The number of methoxy groups -OCH3 is 1. The Morgan fingerprint density at radius 3 is 2.58 bits per heavy atom. The molecule has 0 fully saturated rings. The van der Waals surface area contributed by atoms with Crippen molar-refractivity contribution >= 4 is 17.6 Å². The van der Waals surface area contributed by atoms with Crippen molar-refractivity contribution in [2.24, 2.45) is 0 Å². The van der Waals surface area contributed by atoms with E-state index in [1.807, 2.05) is 13.0 Å². The smallest absolute Gasteiger partial charge is 0.339 e. The summed E-state index contributed by atoms with van der Waals surface area (Å²) in [6, 6.07) is 11.1. The number of benzene rings is 2. The maximum Gasteiger partial charge on any atom is 0.339 e. The van der Waals surface area contributed by atoms with Gasteiger partial charge in [-0.05, 0) is 49.7 Å². The fraction of sp³-hybridized carbons (Fsp3) is 0.222. The lowest BCUT2D eigenvalue weighted by molar-refractivity contribution is -0.123. The Hall–Kier alpha value is -3.02. The molecule has 0 radical (unpaired) electrons. The molecule has 0 aromatic heterocycles. The maximum atomic E-state index is 12.2. The number of anilines is 1. The van der Waals surface area contributed by atoms with Crippen molar-refractivity contribution in [3.63, 3.8) is 0 Å². The van der Waals surface area contributed by atoms with Gasteiger partial charge in [0.15, 0.2) is 6.10 Å². The molecule has 2 rings (SSSR count). The Labute approximate surface area is 140 Å². The number of ether oxygens (including phenoxy) is 2. The van der Waals surface area contributed by atoms with E-state index in [2.05, 4.69) is 5.32 Å². The molecule has 1 atom stereocenters. The van der Waals surface area contributed by atoms with E-state index >= 15 is 0 Å². The molecule has 2 aromatic carbocycles. The normalized spacial score (nSPS) is 11.5. The second-order valence-electron chi connectivity index (χ2n) is 5.29. The minimum absolute atomic E-state index is 0.0500. The number of amides is 1. The van der Waals surface area contributed by atoms with Gasteiger partial charge in [-0.2, -0.15) is 0 Å². The number of phenols is 1. The zero-order valence-corrected chi connectivity index (χ0v) is 13.7. The lowest BCUT2D eigenvalue weighted by Crippen LogP contribution is -2.30. The van der Waals surface area contributed by atoms with Crippen LogP contribution in [-0.2, 0) is 9.53 Å². The molecule has 126 valence electrons. The highest BCUT2D eigenvalue weighted by Gasteiger charge is 2.20. The highest BCUT2D eigenvalue weighted by Crippen LogP contribution is 2.25. The molecule has 0 aliphatic rings. The van der Waals surface area contributed by atoms with E-state index in [9.17, 15) is 14.7 Å². The molecule has 2 aromatic rings. The first-order valence-corrected chi connectivity index (χ1v) is 7.36. The van der Waals surface area contributed by atoms with E-state index in [4.69, 9.17) is 9.47 Å². The van der Waals surface area contributed by atoms with Gasteiger partial charge in [-0.3, -0.25) is 4.79 Å². The third-order valence-corrected chi connectivity index (χ3v) is 3.35. The molecule has 6 nitrogen and oxygen atoms in total. The first-order chi connectivity index (χ1) is 11.4. The number of esters is 1. The summed E-state index contributed by atoms with van der Waals surface area (Å²) in [6.45, 7) is 3.36. The van der Waals surface area contributed by atoms with Gasteiger partial charge in [-0.15, -0.1) is 0 Å². The number of aryl methyl sites for hydroxylation is 1. The lowest BCUT2D eigenvalue weighted by Gasteiger charge is -2.15. The first-order valence-electron chi connectivity index (χ1n) is 7.36. The van der Waals surface area contributed by atoms with Gasteiger partial charge in [-0.1, -0.05) is 12.1 Å². The minimum atomic E-state index is -1.01. The van der Waals surface area contributed by atoms with Gasteiger partial charge in [0.25, 0.3) is 5.91 Å². The van der Waals surface area contributed by atoms with E-state index in [0.717, 1.165) is 5.56 Å². The minimum Gasteiger partial charge on any atom is -0.508 e. The molecule has 0 aliphatic carbocycles. The molecule has 6 heteroatoms. The topological polar surface area (TPSA) is 84.9 Å². The molecule has 0 unspecified atom stereocenters. The van der Waals surface area contributed by atoms with Crippen molar-refractivity contribution in [3.8, 4) is 11.5 Å². The summed E-state index contributed by atoms with van der Waals surface area (Å²) in [5, 5.41) is 12.1.